The summed E-state index contributed by atoms with van der Waals surface area (Å²) in [7, 11) is 1.68. The molecular weight excluding hydrogens is 352 g/mol. The van der Waals surface area contributed by atoms with E-state index in [2.05, 4.69) is 27.0 Å². The molecule has 1 saturated heterocycles. The van der Waals surface area contributed by atoms with Crippen molar-refractivity contribution in [2.45, 2.75) is 25.3 Å². The van der Waals surface area contributed by atoms with Crippen LogP contribution in [-0.2, 0) is 6.54 Å². The van der Waals surface area contributed by atoms with Crippen LogP contribution in [0.3, 0.4) is 0 Å². The number of methoxy groups -OCH3 is 1. The molecule has 0 saturated carbocycles. The topological polar surface area (TPSA) is 71.1 Å². The fourth-order valence-corrected chi connectivity index (χ4v) is 3.71. The Bertz CT molecular complexity index is 962. The molecule has 1 N–H and O–H groups in total. The van der Waals surface area contributed by atoms with Crippen LogP contribution in [0.4, 0.5) is 0 Å². The summed E-state index contributed by atoms with van der Waals surface area (Å²) in [6, 6.07) is 13.6. The summed E-state index contributed by atoms with van der Waals surface area (Å²) in [5.41, 5.74) is 2.96. The van der Waals surface area contributed by atoms with Gasteiger partial charge in [-0.15, -0.1) is 0 Å². The molecule has 144 valence electrons. The van der Waals surface area contributed by atoms with Crippen molar-refractivity contribution >= 4 is 0 Å². The molecule has 1 aliphatic heterocycles. The van der Waals surface area contributed by atoms with E-state index in [9.17, 15) is 4.79 Å². The first kappa shape index (κ1) is 18.4. The molecule has 6 heteroatoms. The molecule has 0 spiro atoms. The van der Waals surface area contributed by atoms with Gasteiger partial charge in [-0.1, -0.05) is 12.1 Å². The fraction of sp³-hybridized carbons (Fsp3) is 0.318. The Balaban J connectivity index is 1.42. The van der Waals surface area contributed by atoms with Gasteiger partial charge in [0, 0.05) is 36.5 Å². The molecule has 3 aromatic rings. The normalized spacial score (nSPS) is 15.5. The number of nitrogens with zero attached hydrogens (tertiary/aromatic N) is 3. The monoisotopic (exact) mass is 376 g/mol. The number of ether oxygens (including phenoxy) is 1. The first-order valence-corrected chi connectivity index (χ1v) is 9.58. The van der Waals surface area contributed by atoms with E-state index < -0.39 is 0 Å². The maximum absolute atomic E-state index is 12.2. The van der Waals surface area contributed by atoms with E-state index in [1.807, 2.05) is 24.3 Å². The summed E-state index contributed by atoms with van der Waals surface area (Å²) in [4.78, 5) is 26.2. The van der Waals surface area contributed by atoms with Gasteiger partial charge in [0.2, 0.25) is 0 Å². The van der Waals surface area contributed by atoms with Crippen LogP contribution in [0.2, 0.25) is 0 Å². The lowest BCUT2D eigenvalue weighted by Gasteiger charge is -2.31. The quantitative estimate of drug-likeness (QED) is 0.740. The molecule has 0 bridgehead atoms. The summed E-state index contributed by atoms with van der Waals surface area (Å²) in [5, 5.41) is 0. The highest BCUT2D eigenvalue weighted by molar-refractivity contribution is 5.53. The molecule has 2 aromatic heterocycles. The average molecular weight is 376 g/mol. The fourth-order valence-electron chi connectivity index (χ4n) is 3.71. The number of pyridine rings is 1. The number of H-pyrrole nitrogens is 1. The Morgan fingerprint density at radius 1 is 1.11 bits per heavy atom. The van der Waals surface area contributed by atoms with Gasteiger partial charge in [-0.2, -0.15) is 0 Å². The van der Waals surface area contributed by atoms with Crippen molar-refractivity contribution in [1.82, 2.24) is 19.9 Å². The van der Waals surface area contributed by atoms with Gasteiger partial charge in [-0.3, -0.25) is 14.7 Å². The van der Waals surface area contributed by atoms with Crippen molar-refractivity contribution in [2.75, 3.05) is 20.2 Å². The lowest BCUT2D eigenvalue weighted by atomic mass is 9.93. The first-order chi connectivity index (χ1) is 13.7. The number of piperidine rings is 1. The number of aromatic amines is 1. The molecule has 0 radical (unpaired) electrons. The first-order valence-electron chi connectivity index (χ1n) is 9.58. The van der Waals surface area contributed by atoms with E-state index in [0.29, 0.717) is 11.7 Å². The molecule has 3 heterocycles. The maximum atomic E-state index is 12.2. The molecular formula is C22H24N4O2. The van der Waals surface area contributed by atoms with Crippen molar-refractivity contribution in [3.8, 4) is 17.1 Å². The lowest BCUT2D eigenvalue weighted by Crippen LogP contribution is -2.33. The number of benzene rings is 1. The number of rotatable bonds is 5. The maximum Gasteiger partial charge on any atom is 0.251 e. The van der Waals surface area contributed by atoms with Gasteiger partial charge in [0.25, 0.3) is 5.56 Å². The third kappa shape index (κ3) is 4.28. The standard InChI is InChI=1S/C22H24N4O2/c1-28-19-4-2-16(3-5-19)15-26-12-8-17(9-13-26)20-14-21(27)25-22(24-20)18-6-10-23-11-7-18/h2-7,10-11,14,17H,8-9,12-13,15H2,1H3,(H,24,25,27). The van der Waals surface area contributed by atoms with Gasteiger partial charge in [-0.25, -0.2) is 4.98 Å². The van der Waals surface area contributed by atoms with Crippen LogP contribution in [-0.4, -0.2) is 40.1 Å². The zero-order valence-electron chi connectivity index (χ0n) is 16.0. The lowest BCUT2D eigenvalue weighted by molar-refractivity contribution is 0.203. The van der Waals surface area contributed by atoms with E-state index in [1.54, 1.807) is 25.6 Å². The van der Waals surface area contributed by atoms with Crippen LogP contribution < -0.4 is 10.3 Å². The van der Waals surface area contributed by atoms with Gasteiger partial charge in [0.1, 0.15) is 11.6 Å². The Morgan fingerprint density at radius 3 is 2.50 bits per heavy atom. The SMILES string of the molecule is COc1ccc(CN2CCC(c3cc(=O)[nH]c(-c4ccncc4)n3)CC2)cc1. The number of nitrogens with one attached hydrogen (secondary N) is 1. The molecule has 0 aliphatic carbocycles. The van der Waals surface area contributed by atoms with Crippen molar-refractivity contribution in [3.05, 3.63) is 76.5 Å². The Hall–Kier alpha value is -2.99. The average Bonchev–Trinajstić information content (AvgIpc) is 2.75. The van der Waals surface area contributed by atoms with Crippen LogP contribution in [0.15, 0.2) is 59.7 Å². The molecule has 0 unspecified atom stereocenters. The largest absolute Gasteiger partial charge is 0.497 e. The van der Waals surface area contributed by atoms with E-state index >= 15 is 0 Å². The number of hydrogen-bond donors (Lipinski definition) is 1. The highest BCUT2D eigenvalue weighted by Gasteiger charge is 2.22. The Morgan fingerprint density at radius 2 is 1.82 bits per heavy atom. The number of likely N-dealkylation sites (tertiary alicyclic amines) is 1. The summed E-state index contributed by atoms with van der Waals surface area (Å²) in [6.07, 6.45) is 5.42. The van der Waals surface area contributed by atoms with E-state index in [-0.39, 0.29) is 5.56 Å². The van der Waals surface area contributed by atoms with Gasteiger partial charge in [0.15, 0.2) is 0 Å². The van der Waals surface area contributed by atoms with E-state index in [0.717, 1.165) is 49.5 Å². The second-order valence-electron chi connectivity index (χ2n) is 7.15. The van der Waals surface area contributed by atoms with Crippen LogP contribution >= 0.6 is 0 Å². The summed E-state index contributed by atoms with van der Waals surface area (Å²) in [5.74, 6) is 1.81. The zero-order valence-corrected chi connectivity index (χ0v) is 16.0. The number of hydrogen-bond acceptors (Lipinski definition) is 5. The summed E-state index contributed by atoms with van der Waals surface area (Å²) < 4.78 is 5.22. The third-order valence-corrected chi connectivity index (χ3v) is 5.29. The second-order valence-corrected chi connectivity index (χ2v) is 7.15. The van der Waals surface area contributed by atoms with E-state index in [1.165, 1.54) is 5.56 Å². The molecule has 0 amide bonds. The summed E-state index contributed by atoms with van der Waals surface area (Å²) in [6.45, 7) is 2.92. The smallest absolute Gasteiger partial charge is 0.251 e. The van der Waals surface area contributed by atoms with Crippen LogP contribution in [0.5, 0.6) is 5.75 Å². The predicted octanol–water partition coefficient (Wildman–Crippen LogP) is 3.22. The Labute approximate surface area is 164 Å². The molecule has 0 atom stereocenters. The minimum absolute atomic E-state index is 0.0996. The van der Waals surface area contributed by atoms with E-state index in [4.69, 9.17) is 9.72 Å². The molecule has 1 fully saturated rings. The van der Waals surface area contributed by atoms with Crippen LogP contribution in [0, 0.1) is 0 Å². The van der Waals surface area contributed by atoms with Gasteiger partial charge >= 0.3 is 0 Å². The van der Waals surface area contributed by atoms with Crippen LogP contribution in [0.1, 0.15) is 30.0 Å². The predicted molar refractivity (Wildman–Crippen MR) is 108 cm³/mol. The summed E-state index contributed by atoms with van der Waals surface area (Å²) >= 11 is 0. The highest BCUT2D eigenvalue weighted by atomic mass is 16.5. The van der Waals surface area contributed by atoms with Gasteiger partial charge in [-0.05, 0) is 55.8 Å². The molecule has 4 rings (SSSR count). The van der Waals surface area contributed by atoms with Crippen molar-refractivity contribution in [3.63, 3.8) is 0 Å². The minimum atomic E-state index is -0.0996. The molecule has 1 aliphatic rings. The Kier molecular flexibility index (Phi) is 5.48. The van der Waals surface area contributed by atoms with Crippen molar-refractivity contribution < 1.29 is 4.74 Å². The number of aromatic nitrogens is 3. The zero-order chi connectivity index (χ0) is 19.3. The van der Waals surface area contributed by atoms with Crippen LogP contribution in [0.25, 0.3) is 11.4 Å². The highest BCUT2D eigenvalue weighted by Crippen LogP contribution is 2.28. The molecule has 1 aromatic carbocycles. The minimum Gasteiger partial charge on any atom is -0.497 e. The van der Waals surface area contributed by atoms with Gasteiger partial charge in [0.05, 0.1) is 12.8 Å². The molecule has 28 heavy (non-hydrogen) atoms. The van der Waals surface area contributed by atoms with Crippen molar-refractivity contribution in [2.24, 2.45) is 0 Å². The third-order valence-electron chi connectivity index (χ3n) is 5.29. The van der Waals surface area contributed by atoms with Gasteiger partial charge < -0.3 is 9.72 Å². The van der Waals surface area contributed by atoms with Crippen molar-refractivity contribution in [1.29, 1.82) is 0 Å². The second kappa shape index (κ2) is 8.35. The molecule has 6 nitrogen and oxygen atoms in total.